The number of carbonyl (C=O) groups is 1. The summed E-state index contributed by atoms with van der Waals surface area (Å²) in [5.74, 6) is -0.175. The fourth-order valence-electron chi connectivity index (χ4n) is 2.01. The Bertz CT molecular complexity index is 525. The van der Waals surface area contributed by atoms with E-state index in [1.807, 2.05) is 28.8 Å². The first-order valence-corrected chi connectivity index (χ1v) is 5.65. The van der Waals surface area contributed by atoms with Crippen LogP contribution in [0.25, 0.3) is 5.65 Å². The zero-order chi connectivity index (χ0) is 11.8. The molecule has 2 aromatic heterocycles. The van der Waals surface area contributed by atoms with E-state index in [-0.39, 0.29) is 18.1 Å². The number of hydrogen-bond donors (Lipinski definition) is 2. The van der Waals surface area contributed by atoms with Gasteiger partial charge in [0.15, 0.2) is 0 Å². The standard InChI is InChI=1S/C12H13N3O2/c16-9-5-8(6-9)13-12(17)10-7-15-4-2-1-3-11(15)14-10/h1-4,7-9,16H,5-6H2,(H,13,17). The summed E-state index contributed by atoms with van der Waals surface area (Å²) in [6, 6.07) is 5.71. The number of aliphatic hydroxyl groups excluding tert-OH is 1. The molecule has 0 bridgehead atoms. The van der Waals surface area contributed by atoms with Crippen LogP contribution >= 0.6 is 0 Å². The van der Waals surface area contributed by atoms with E-state index in [1.54, 1.807) is 6.20 Å². The van der Waals surface area contributed by atoms with Crippen LogP contribution in [0.15, 0.2) is 30.6 Å². The first-order chi connectivity index (χ1) is 8.22. The summed E-state index contributed by atoms with van der Waals surface area (Å²) in [5.41, 5.74) is 1.17. The summed E-state index contributed by atoms with van der Waals surface area (Å²) < 4.78 is 1.81. The number of aromatic nitrogens is 2. The van der Waals surface area contributed by atoms with Crippen molar-refractivity contribution in [2.75, 3.05) is 0 Å². The third-order valence-electron chi connectivity index (χ3n) is 3.05. The lowest BCUT2D eigenvalue weighted by molar-refractivity contribution is 0.0561. The van der Waals surface area contributed by atoms with Crippen molar-refractivity contribution in [3.8, 4) is 0 Å². The van der Waals surface area contributed by atoms with Gasteiger partial charge < -0.3 is 14.8 Å². The van der Waals surface area contributed by atoms with Crippen molar-refractivity contribution in [3.63, 3.8) is 0 Å². The smallest absolute Gasteiger partial charge is 0.271 e. The molecule has 2 aromatic rings. The van der Waals surface area contributed by atoms with E-state index in [2.05, 4.69) is 10.3 Å². The second kappa shape index (κ2) is 3.85. The summed E-state index contributed by atoms with van der Waals surface area (Å²) in [6.07, 6.45) is 4.57. The molecule has 0 aromatic carbocycles. The van der Waals surface area contributed by atoms with E-state index in [0.29, 0.717) is 18.5 Å². The topological polar surface area (TPSA) is 66.6 Å². The van der Waals surface area contributed by atoms with Gasteiger partial charge in [0.05, 0.1) is 6.10 Å². The maximum atomic E-state index is 11.9. The van der Waals surface area contributed by atoms with Crippen molar-refractivity contribution in [1.82, 2.24) is 14.7 Å². The van der Waals surface area contributed by atoms with Gasteiger partial charge in [-0.3, -0.25) is 4.79 Å². The van der Waals surface area contributed by atoms with Gasteiger partial charge in [0.25, 0.3) is 5.91 Å². The molecule has 0 spiro atoms. The van der Waals surface area contributed by atoms with Crippen molar-refractivity contribution in [2.24, 2.45) is 0 Å². The Balaban J connectivity index is 1.76. The third-order valence-corrected chi connectivity index (χ3v) is 3.05. The van der Waals surface area contributed by atoms with Gasteiger partial charge in [0.2, 0.25) is 0 Å². The van der Waals surface area contributed by atoms with Gasteiger partial charge in [-0.05, 0) is 25.0 Å². The van der Waals surface area contributed by atoms with Crippen LogP contribution in [-0.4, -0.2) is 32.5 Å². The lowest BCUT2D eigenvalue weighted by Crippen LogP contribution is -2.46. The molecule has 0 unspecified atom stereocenters. The Morgan fingerprint density at radius 2 is 2.29 bits per heavy atom. The number of nitrogens with one attached hydrogen (secondary N) is 1. The Labute approximate surface area is 98.1 Å². The third kappa shape index (κ3) is 1.89. The molecule has 1 aliphatic rings. The Morgan fingerprint density at radius 1 is 1.47 bits per heavy atom. The van der Waals surface area contributed by atoms with E-state index < -0.39 is 0 Å². The molecular weight excluding hydrogens is 218 g/mol. The van der Waals surface area contributed by atoms with Crippen LogP contribution in [0.3, 0.4) is 0 Å². The number of rotatable bonds is 2. The predicted molar refractivity (Wildman–Crippen MR) is 61.7 cm³/mol. The van der Waals surface area contributed by atoms with E-state index in [4.69, 9.17) is 5.11 Å². The van der Waals surface area contributed by atoms with Crippen molar-refractivity contribution >= 4 is 11.6 Å². The highest BCUT2D eigenvalue weighted by Crippen LogP contribution is 2.19. The quantitative estimate of drug-likeness (QED) is 0.794. The lowest BCUT2D eigenvalue weighted by atomic mass is 9.89. The average molecular weight is 231 g/mol. The van der Waals surface area contributed by atoms with Crippen LogP contribution in [0.2, 0.25) is 0 Å². The molecule has 0 saturated heterocycles. The number of fused-ring (bicyclic) bond motifs is 1. The van der Waals surface area contributed by atoms with Crippen molar-refractivity contribution in [2.45, 2.75) is 25.0 Å². The van der Waals surface area contributed by atoms with Crippen LogP contribution in [-0.2, 0) is 0 Å². The van der Waals surface area contributed by atoms with Gasteiger partial charge >= 0.3 is 0 Å². The molecule has 0 aliphatic heterocycles. The van der Waals surface area contributed by atoms with Gasteiger partial charge in [-0.15, -0.1) is 0 Å². The number of aliphatic hydroxyl groups is 1. The molecule has 88 valence electrons. The predicted octanol–water partition coefficient (Wildman–Crippen LogP) is 0.587. The Morgan fingerprint density at radius 3 is 3.00 bits per heavy atom. The number of hydrogen-bond acceptors (Lipinski definition) is 3. The van der Waals surface area contributed by atoms with Crippen LogP contribution in [0.5, 0.6) is 0 Å². The van der Waals surface area contributed by atoms with Gasteiger partial charge in [-0.2, -0.15) is 0 Å². The van der Waals surface area contributed by atoms with E-state index >= 15 is 0 Å². The zero-order valence-electron chi connectivity index (χ0n) is 9.21. The molecule has 1 fully saturated rings. The van der Waals surface area contributed by atoms with Crippen LogP contribution < -0.4 is 5.32 Å². The minimum Gasteiger partial charge on any atom is -0.393 e. The van der Waals surface area contributed by atoms with E-state index in [0.717, 1.165) is 5.65 Å². The van der Waals surface area contributed by atoms with Gasteiger partial charge in [0, 0.05) is 18.4 Å². The van der Waals surface area contributed by atoms with Crippen molar-refractivity contribution in [1.29, 1.82) is 0 Å². The first-order valence-electron chi connectivity index (χ1n) is 5.65. The van der Waals surface area contributed by atoms with Crippen LogP contribution in [0.1, 0.15) is 23.3 Å². The molecule has 1 aliphatic carbocycles. The van der Waals surface area contributed by atoms with Gasteiger partial charge in [0.1, 0.15) is 11.3 Å². The fourth-order valence-corrected chi connectivity index (χ4v) is 2.01. The van der Waals surface area contributed by atoms with Crippen LogP contribution in [0.4, 0.5) is 0 Å². The summed E-state index contributed by atoms with van der Waals surface area (Å²) >= 11 is 0. The summed E-state index contributed by atoms with van der Waals surface area (Å²) in [6.45, 7) is 0. The lowest BCUT2D eigenvalue weighted by Gasteiger charge is -2.31. The average Bonchev–Trinajstić information content (AvgIpc) is 2.70. The maximum Gasteiger partial charge on any atom is 0.271 e. The van der Waals surface area contributed by atoms with E-state index in [9.17, 15) is 4.79 Å². The highest BCUT2D eigenvalue weighted by Gasteiger charge is 2.29. The normalized spacial score (nSPS) is 23.4. The molecule has 1 amide bonds. The molecule has 17 heavy (non-hydrogen) atoms. The SMILES string of the molecule is O=C(NC1CC(O)C1)c1cn2ccccc2n1. The molecule has 2 heterocycles. The van der Waals surface area contributed by atoms with E-state index in [1.165, 1.54) is 0 Å². The summed E-state index contributed by atoms with van der Waals surface area (Å²) in [7, 11) is 0. The molecule has 5 heteroatoms. The molecule has 0 atom stereocenters. The molecular formula is C12H13N3O2. The number of carbonyl (C=O) groups excluding carboxylic acids is 1. The molecule has 5 nitrogen and oxygen atoms in total. The molecule has 1 saturated carbocycles. The summed E-state index contributed by atoms with van der Waals surface area (Å²) in [4.78, 5) is 16.1. The minimum absolute atomic E-state index is 0.0855. The second-order valence-electron chi connectivity index (χ2n) is 4.39. The number of amides is 1. The van der Waals surface area contributed by atoms with Crippen LogP contribution in [0, 0.1) is 0 Å². The second-order valence-corrected chi connectivity index (χ2v) is 4.39. The highest BCUT2D eigenvalue weighted by atomic mass is 16.3. The van der Waals surface area contributed by atoms with Gasteiger partial charge in [-0.25, -0.2) is 4.98 Å². The zero-order valence-corrected chi connectivity index (χ0v) is 9.21. The monoisotopic (exact) mass is 231 g/mol. The number of imidazole rings is 1. The largest absolute Gasteiger partial charge is 0.393 e. The molecule has 3 rings (SSSR count). The van der Waals surface area contributed by atoms with Crippen molar-refractivity contribution < 1.29 is 9.90 Å². The number of nitrogens with zero attached hydrogens (tertiary/aromatic N) is 2. The molecule has 2 N–H and O–H groups in total. The Kier molecular flexibility index (Phi) is 2.33. The van der Waals surface area contributed by atoms with Crippen molar-refractivity contribution in [3.05, 3.63) is 36.3 Å². The summed E-state index contributed by atoms with van der Waals surface area (Å²) in [5, 5.41) is 12.0. The Hall–Kier alpha value is -1.88. The first kappa shape index (κ1) is 10.3. The minimum atomic E-state index is -0.263. The highest BCUT2D eigenvalue weighted by molar-refractivity contribution is 5.93. The maximum absolute atomic E-state index is 11.9. The fraction of sp³-hybridized carbons (Fsp3) is 0.333. The molecule has 0 radical (unpaired) electrons. The number of pyridine rings is 1. The van der Waals surface area contributed by atoms with Gasteiger partial charge in [-0.1, -0.05) is 6.07 Å².